The van der Waals surface area contributed by atoms with Crippen molar-refractivity contribution in [3.05, 3.63) is 47.3 Å². The van der Waals surface area contributed by atoms with Crippen molar-refractivity contribution in [2.24, 2.45) is 0 Å². The maximum absolute atomic E-state index is 13.6. The van der Waals surface area contributed by atoms with Gasteiger partial charge in [-0.2, -0.15) is 0 Å². The van der Waals surface area contributed by atoms with E-state index in [4.69, 9.17) is 5.73 Å². The van der Waals surface area contributed by atoms with Crippen molar-refractivity contribution in [1.82, 2.24) is 4.57 Å². The molecule has 2 N–H and O–H groups in total. The molecule has 16 heavy (non-hydrogen) atoms. The summed E-state index contributed by atoms with van der Waals surface area (Å²) < 4.78 is 28.4. The zero-order valence-electron chi connectivity index (χ0n) is 9.09. The van der Waals surface area contributed by atoms with Crippen LogP contribution in [0.1, 0.15) is 11.4 Å². The van der Waals surface area contributed by atoms with Crippen molar-refractivity contribution in [3.63, 3.8) is 0 Å². The number of hydrogen-bond donors (Lipinski definition) is 1. The summed E-state index contributed by atoms with van der Waals surface area (Å²) in [7, 11) is 0. The molecule has 0 aliphatic carbocycles. The lowest BCUT2D eigenvalue weighted by Crippen LogP contribution is -2.04. The van der Waals surface area contributed by atoms with E-state index in [9.17, 15) is 8.78 Å². The topological polar surface area (TPSA) is 30.9 Å². The Morgan fingerprint density at radius 3 is 2.12 bits per heavy atom. The van der Waals surface area contributed by atoms with E-state index in [0.717, 1.165) is 17.5 Å². The van der Waals surface area contributed by atoms with Crippen LogP contribution >= 0.6 is 0 Å². The lowest BCUT2D eigenvalue weighted by atomic mass is 10.2. The molecule has 0 bridgehead atoms. The van der Waals surface area contributed by atoms with Crippen LogP contribution in [0.25, 0.3) is 5.69 Å². The lowest BCUT2D eigenvalue weighted by Gasteiger charge is -2.11. The largest absolute Gasteiger partial charge is 0.396 e. The summed E-state index contributed by atoms with van der Waals surface area (Å²) in [4.78, 5) is 0. The van der Waals surface area contributed by atoms with Crippen LogP contribution in [-0.4, -0.2) is 4.57 Å². The summed E-state index contributed by atoms with van der Waals surface area (Å²) in [5, 5.41) is 0. The molecule has 2 aromatic rings. The van der Waals surface area contributed by atoms with Crippen molar-refractivity contribution in [2.45, 2.75) is 13.8 Å². The van der Waals surface area contributed by atoms with Gasteiger partial charge in [0, 0.05) is 17.5 Å². The molecule has 0 saturated heterocycles. The fraction of sp³-hybridized carbons (Fsp3) is 0.167. The molecule has 0 aliphatic rings. The minimum absolute atomic E-state index is 0.0519. The molecule has 1 aromatic heterocycles. The number of hydrogen-bond acceptors (Lipinski definition) is 1. The minimum atomic E-state index is -0.733. The number of rotatable bonds is 1. The number of aromatic nitrogens is 1. The maximum atomic E-state index is 13.6. The van der Waals surface area contributed by atoms with Gasteiger partial charge in [-0.15, -0.1) is 0 Å². The summed E-state index contributed by atoms with van der Waals surface area (Å²) in [6.45, 7) is 3.71. The number of anilines is 1. The van der Waals surface area contributed by atoms with E-state index in [0.29, 0.717) is 0 Å². The zero-order chi connectivity index (χ0) is 11.9. The molecule has 0 aliphatic heterocycles. The Morgan fingerprint density at radius 1 is 1.00 bits per heavy atom. The third-order valence-electron chi connectivity index (χ3n) is 2.58. The van der Waals surface area contributed by atoms with Gasteiger partial charge < -0.3 is 10.3 Å². The van der Waals surface area contributed by atoms with Gasteiger partial charge in [0.25, 0.3) is 0 Å². The molecular weight excluding hydrogens is 210 g/mol. The number of halogens is 2. The van der Waals surface area contributed by atoms with Gasteiger partial charge in [0.15, 0.2) is 0 Å². The van der Waals surface area contributed by atoms with E-state index in [1.807, 2.05) is 26.0 Å². The van der Waals surface area contributed by atoms with Crippen molar-refractivity contribution >= 4 is 5.69 Å². The zero-order valence-corrected chi connectivity index (χ0v) is 9.09. The van der Waals surface area contributed by atoms with Crippen LogP contribution in [0.15, 0.2) is 24.3 Å². The first-order valence-corrected chi connectivity index (χ1v) is 4.90. The third kappa shape index (κ3) is 1.56. The van der Waals surface area contributed by atoms with E-state index in [1.54, 1.807) is 4.57 Å². The molecule has 1 aromatic carbocycles. The predicted octanol–water partition coefficient (Wildman–Crippen LogP) is 2.95. The minimum Gasteiger partial charge on any atom is -0.396 e. The van der Waals surface area contributed by atoms with Crippen LogP contribution in [0.2, 0.25) is 0 Å². The highest BCUT2D eigenvalue weighted by Crippen LogP contribution is 2.23. The second-order valence-electron chi connectivity index (χ2n) is 3.78. The van der Waals surface area contributed by atoms with Crippen LogP contribution in [0.5, 0.6) is 0 Å². The first-order valence-electron chi connectivity index (χ1n) is 4.90. The average Bonchev–Trinajstić information content (AvgIpc) is 2.53. The van der Waals surface area contributed by atoms with Gasteiger partial charge in [0.05, 0.1) is 11.4 Å². The van der Waals surface area contributed by atoms with Crippen LogP contribution in [0.4, 0.5) is 14.5 Å². The SMILES string of the molecule is Cc1ccc(C)n1-c1cc(N)c(F)cc1F. The molecule has 0 spiro atoms. The lowest BCUT2D eigenvalue weighted by molar-refractivity contribution is 0.579. The van der Waals surface area contributed by atoms with Crippen LogP contribution in [0, 0.1) is 25.5 Å². The molecule has 0 unspecified atom stereocenters. The normalized spacial score (nSPS) is 10.8. The predicted molar refractivity (Wildman–Crippen MR) is 59.6 cm³/mol. The second-order valence-corrected chi connectivity index (χ2v) is 3.78. The highest BCUT2D eigenvalue weighted by atomic mass is 19.1. The van der Waals surface area contributed by atoms with E-state index in [1.165, 1.54) is 6.07 Å². The molecule has 0 radical (unpaired) electrons. The van der Waals surface area contributed by atoms with Gasteiger partial charge in [-0.3, -0.25) is 0 Å². The summed E-state index contributed by atoms with van der Waals surface area (Å²) in [6, 6.07) is 5.86. The molecule has 2 nitrogen and oxygen atoms in total. The number of benzene rings is 1. The Kier molecular flexibility index (Phi) is 2.42. The Balaban J connectivity index is 2.69. The summed E-state index contributed by atoms with van der Waals surface area (Å²) in [6.07, 6.45) is 0. The number of nitrogens with two attached hydrogens (primary N) is 1. The van der Waals surface area contributed by atoms with E-state index in [2.05, 4.69) is 0 Å². The van der Waals surface area contributed by atoms with E-state index >= 15 is 0 Å². The number of aryl methyl sites for hydroxylation is 2. The van der Waals surface area contributed by atoms with Crippen LogP contribution in [-0.2, 0) is 0 Å². The van der Waals surface area contributed by atoms with Crippen molar-refractivity contribution in [1.29, 1.82) is 0 Å². The van der Waals surface area contributed by atoms with Gasteiger partial charge in [-0.05, 0) is 32.0 Å². The fourth-order valence-electron chi connectivity index (χ4n) is 1.77. The summed E-state index contributed by atoms with van der Waals surface area (Å²) in [5.41, 5.74) is 7.42. The van der Waals surface area contributed by atoms with Crippen molar-refractivity contribution in [3.8, 4) is 5.69 Å². The summed E-state index contributed by atoms with van der Waals surface area (Å²) >= 11 is 0. The molecule has 84 valence electrons. The van der Waals surface area contributed by atoms with Gasteiger partial charge >= 0.3 is 0 Å². The molecule has 2 rings (SSSR count). The monoisotopic (exact) mass is 222 g/mol. The second kappa shape index (κ2) is 3.63. The number of nitrogens with zero attached hydrogens (tertiary/aromatic N) is 1. The Bertz CT molecular complexity index is 525. The van der Waals surface area contributed by atoms with Crippen molar-refractivity contribution < 1.29 is 8.78 Å². The highest BCUT2D eigenvalue weighted by molar-refractivity contribution is 5.51. The summed E-state index contributed by atoms with van der Waals surface area (Å²) in [5.74, 6) is -1.35. The van der Waals surface area contributed by atoms with Crippen molar-refractivity contribution in [2.75, 3.05) is 5.73 Å². The molecule has 4 heteroatoms. The standard InChI is InChI=1S/C12H12F2N2/c1-7-3-4-8(2)16(7)12-6-11(15)9(13)5-10(12)14/h3-6H,15H2,1-2H3. The number of nitrogen functional groups attached to an aromatic ring is 1. The van der Waals surface area contributed by atoms with Gasteiger partial charge in [-0.1, -0.05) is 0 Å². The van der Waals surface area contributed by atoms with Gasteiger partial charge in [0.1, 0.15) is 11.6 Å². The molecule has 0 atom stereocenters. The molecular formula is C12H12F2N2. The van der Waals surface area contributed by atoms with Crippen LogP contribution in [0.3, 0.4) is 0 Å². The Hall–Kier alpha value is -1.84. The molecule has 0 amide bonds. The average molecular weight is 222 g/mol. The fourth-order valence-corrected chi connectivity index (χ4v) is 1.77. The Morgan fingerprint density at radius 2 is 1.56 bits per heavy atom. The first-order chi connectivity index (χ1) is 7.50. The van der Waals surface area contributed by atoms with E-state index in [-0.39, 0.29) is 11.4 Å². The highest BCUT2D eigenvalue weighted by Gasteiger charge is 2.12. The van der Waals surface area contributed by atoms with Gasteiger partial charge in [-0.25, -0.2) is 8.78 Å². The third-order valence-corrected chi connectivity index (χ3v) is 2.58. The quantitative estimate of drug-likeness (QED) is 0.739. The van der Waals surface area contributed by atoms with Crippen LogP contribution < -0.4 is 5.73 Å². The molecule has 0 fully saturated rings. The molecule has 0 saturated carbocycles. The smallest absolute Gasteiger partial charge is 0.150 e. The Labute approximate surface area is 92.3 Å². The van der Waals surface area contributed by atoms with E-state index < -0.39 is 11.6 Å². The maximum Gasteiger partial charge on any atom is 0.150 e. The molecule has 1 heterocycles. The first kappa shape index (κ1) is 10.7. The van der Waals surface area contributed by atoms with Gasteiger partial charge in [0.2, 0.25) is 0 Å².